The van der Waals surface area contributed by atoms with Gasteiger partial charge in [-0.25, -0.2) is 0 Å². The van der Waals surface area contributed by atoms with Crippen LogP contribution in [0.25, 0.3) is 0 Å². The number of carbonyl (C=O) groups excluding carboxylic acids is 2. The Bertz CT molecular complexity index is 1180. The number of hydrogen-bond acceptors (Lipinski definition) is 8. The zero-order valence-corrected chi connectivity index (χ0v) is 20.4. The Morgan fingerprint density at radius 2 is 2.06 bits per heavy atom. The summed E-state index contributed by atoms with van der Waals surface area (Å²) in [5.41, 5.74) is 1.46. The van der Waals surface area contributed by atoms with E-state index in [1.807, 2.05) is 13.0 Å². The molecule has 1 aromatic rings. The van der Waals surface area contributed by atoms with E-state index in [1.54, 1.807) is 0 Å². The standard InChI is InChI=1S/C24H28O8.Na/c1-24-9-8-14-13-5-3-12(10-11(13)2-4-15(14)16(24)6-7-17(24)25)31-23-20(28)18(26)19(27)21(32-23)22(29)30;/h3-5,10,14,16,18-21,23,26-28H,2,6-9H2,1H3,(H,29,30);/q;+1/p-1/t14-,16+,18+,19+,20-,21+,23-,24+;/m1./s1/i3D,7D2,10D;. The molecule has 1 aromatic carbocycles. The molecule has 33 heavy (non-hydrogen) atoms. The molecule has 0 unspecified atom stereocenters. The van der Waals surface area contributed by atoms with Gasteiger partial charge in [-0.15, -0.1) is 0 Å². The predicted molar refractivity (Wildman–Crippen MR) is 108 cm³/mol. The summed E-state index contributed by atoms with van der Waals surface area (Å²) in [5.74, 6) is -2.90. The van der Waals surface area contributed by atoms with Crippen LogP contribution < -0.4 is 39.4 Å². The van der Waals surface area contributed by atoms with Gasteiger partial charge in [-0.05, 0) is 54.8 Å². The number of carboxylic acids is 1. The van der Waals surface area contributed by atoms with Gasteiger partial charge in [0.2, 0.25) is 6.29 Å². The Hall–Kier alpha value is -1.26. The number of allylic oxidation sites excluding steroid dienone is 2. The molecule has 1 heterocycles. The van der Waals surface area contributed by atoms with Crippen molar-refractivity contribution in [2.45, 2.75) is 75.6 Å². The molecule has 3 N–H and O–H groups in total. The number of fused-ring (bicyclic) bond motifs is 5. The number of ketones is 1. The number of carboxylic acid groups (broad SMARTS) is 1. The molecule has 172 valence electrons. The number of Topliss-reactive ketones (excluding diaryl/α,β-unsaturated/α-hetero) is 1. The Labute approximate surface area is 219 Å². The molecule has 5 rings (SSSR count). The van der Waals surface area contributed by atoms with Gasteiger partial charge in [-0.3, -0.25) is 4.79 Å². The van der Waals surface area contributed by atoms with Crippen molar-refractivity contribution in [3.63, 3.8) is 0 Å². The van der Waals surface area contributed by atoms with Crippen LogP contribution in [0.5, 0.6) is 5.75 Å². The molecule has 4 aliphatic rings. The van der Waals surface area contributed by atoms with Crippen LogP contribution in [0.3, 0.4) is 0 Å². The molecule has 0 radical (unpaired) electrons. The summed E-state index contributed by atoms with van der Waals surface area (Å²) in [6.07, 6.45) is -7.98. The summed E-state index contributed by atoms with van der Waals surface area (Å²) in [6.45, 7) is 1.82. The molecule has 0 spiro atoms. The van der Waals surface area contributed by atoms with Crippen LogP contribution in [0.4, 0.5) is 0 Å². The first-order valence-electron chi connectivity index (χ1n) is 12.7. The maximum atomic E-state index is 12.8. The number of aliphatic carboxylic acids is 1. The monoisotopic (exact) mass is 470 g/mol. The van der Waals surface area contributed by atoms with Crippen molar-refractivity contribution in [3.8, 4) is 5.75 Å². The van der Waals surface area contributed by atoms with Crippen LogP contribution in [-0.2, 0) is 20.7 Å². The van der Waals surface area contributed by atoms with Gasteiger partial charge in [0.25, 0.3) is 0 Å². The number of carbonyl (C=O) groups is 2. The molecular formula is C24H27NaO8. The minimum absolute atomic E-state index is 0. The van der Waals surface area contributed by atoms with Gasteiger partial charge in [0.15, 0.2) is 0 Å². The molecule has 8 atom stereocenters. The van der Waals surface area contributed by atoms with E-state index in [4.69, 9.17) is 15.0 Å². The predicted octanol–water partition coefficient (Wildman–Crippen LogP) is -3.03. The van der Waals surface area contributed by atoms with Gasteiger partial charge < -0.3 is 34.7 Å². The SMILES string of the molecule is [2H]c1cc2c(c([2H])c1O[C@@H]1O[C@H](C(=O)[O-])[C@@H](O)[C@H](O)[C@H]1O)CC=C1[C@@H]2CC[C@]2(C)C(=O)C([2H])([2H])C[C@@H]12.[Na+]. The Kier molecular flexibility index (Phi) is 5.49. The Morgan fingerprint density at radius 3 is 2.79 bits per heavy atom. The summed E-state index contributed by atoms with van der Waals surface area (Å²) in [5, 5.41) is 41.4. The van der Waals surface area contributed by atoms with E-state index >= 15 is 0 Å². The maximum Gasteiger partial charge on any atom is 1.00 e. The van der Waals surface area contributed by atoms with E-state index in [2.05, 4.69) is 0 Å². The van der Waals surface area contributed by atoms with E-state index < -0.39 is 48.5 Å². The van der Waals surface area contributed by atoms with E-state index in [1.165, 1.54) is 6.07 Å². The second-order valence-electron chi connectivity index (χ2n) is 9.19. The van der Waals surface area contributed by atoms with Crippen molar-refractivity contribution in [2.24, 2.45) is 11.3 Å². The van der Waals surface area contributed by atoms with Crippen LogP contribution in [0.15, 0.2) is 29.8 Å². The van der Waals surface area contributed by atoms with Gasteiger partial charge in [-0.2, -0.15) is 0 Å². The van der Waals surface area contributed by atoms with Crippen LogP contribution in [0.1, 0.15) is 55.1 Å². The van der Waals surface area contributed by atoms with Crippen LogP contribution in [0.2, 0.25) is 0 Å². The van der Waals surface area contributed by atoms with Crippen molar-refractivity contribution in [3.05, 3.63) is 40.9 Å². The van der Waals surface area contributed by atoms with E-state index in [0.29, 0.717) is 18.4 Å². The minimum Gasteiger partial charge on any atom is -0.547 e. The van der Waals surface area contributed by atoms with Crippen LogP contribution in [-0.4, -0.2) is 57.8 Å². The van der Waals surface area contributed by atoms with Gasteiger partial charge >= 0.3 is 29.6 Å². The topological polar surface area (TPSA) is 136 Å². The zero-order valence-electron chi connectivity index (χ0n) is 22.4. The molecule has 9 heteroatoms. The van der Waals surface area contributed by atoms with Crippen molar-refractivity contribution in [1.82, 2.24) is 0 Å². The molecule has 1 aliphatic heterocycles. The number of benzene rings is 1. The third kappa shape index (κ3) is 3.99. The molecule has 3 fully saturated rings. The molecule has 2 saturated carbocycles. The quantitative estimate of drug-likeness (QED) is 0.314. The van der Waals surface area contributed by atoms with E-state index in [0.717, 1.165) is 11.1 Å². The van der Waals surface area contributed by atoms with E-state index in [9.17, 15) is 30.0 Å². The van der Waals surface area contributed by atoms with Crippen molar-refractivity contribution in [1.29, 1.82) is 0 Å². The summed E-state index contributed by atoms with van der Waals surface area (Å²) < 4.78 is 44.1. The Balaban J connectivity index is 0.00000320. The third-order valence-electron chi connectivity index (χ3n) is 7.44. The maximum absolute atomic E-state index is 12.8. The third-order valence-corrected chi connectivity index (χ3v) is 7.44. The smallest absolute Gasteiger partial charge is 0.547 e. The van der Waals surface area contributed by atoms with Gasteiger partial charge in [0.1, 0.15) is 35.9 Å². The fraction of sp³-hybridized carbons (Fsp3) is 0.583. The summed E-state index contributed by atoms with van der Waals surface area (Å²) in [6, 6.07) is 1.17. The number of hydrogen-bond donors (Lipinski definition) is 3. The molecule has 3 aliphatic carbocycles. The van der Waals surface area contributed by atoms with Gasteiger partial charge in [-0.1, -0.05) is 24.6 Å². The fourth-order valence-electron chi connectivity index (χ4n) is 5.52. The van der Waals surface area contributed by atoms with Crippen LogP contribution >= 0.6 is 0 Å². The molecule has 1 saturated heterocycles. The van der Waals surface area contributed by atoms with Crippen LogP contribution in [0, 0.1) is 11.3 Å². The number of rotatable bonds is 3. The second kappa shape index (κ2) is 9.07. The molecule has 0 bridgehead atoms. The number of aliphatic hydroxyl groups excluding tert-OH is 3. The van der Waals surface area contributed by atoms with Crippen molar-refractivity contribution in [2.75, 3.05) is 0 Å². The Morgan fingerprint density at radius 1 is 1.30 bits per heavy atom. The zero-order chi connectivity index (χ0) is 26.3. The number of ether oxygens (including phenoxy) is 2. The van der Waals surface area contributed by atoms with Crippen molar-refractivity contribution < 1.29 is 74.5 Å². The average Bonchev–Trinajstić information content (AvgIpc) is 3.00. The first-order valence-corrected chi connectivity index (χ1v) is 10.7. The summed E-state index contributed by atoms with van der Waals surface area (Å²) >= 11 is 0. The average molecular weight is 470 g/mol. The summed E-state index contributed by atoms with van der Waals surface area (Å²) in [7, 11) is 0. The normalized spacial score (nSPS) is 42.7. The van der Waals surface area contributed by atoms with E-state index in [-0.39, 0.29) is 77.9 Å². The van der Waals surface area contributed by atoms with Gasteiger partial charge in [0.05, 0.1) is 8.71 Å². The first-order chi connectivity index (χ1) is 16.8. The molecule has 8 nitrogen and oxygen atoms in total. The van der Waals surface area contributed by atoms with Gasteiger partial charge in [0, 0.05) is 20.4 Å². The van der Waals surface area contributed by atoms with Crippen molar-refractivity contribution >= 4 is 11.8 Å². The number of aliphatic hydroxyl groups is 3. The molecule has 0 aromatic heterocycles. The minimum atomic E-state index is -1.98. The summed E-state index contributed by atoms with van der Waals surface area (Å²) in [4.78, 5) is 24.1. The largest absolute Gasteiger partial charge is 1.00 e. The fourth-order valence-corrected chi connectivity index (χ4v) is 5.52. The second-order valence-corrected chi connectivity index (χ2v) is 9.19. The first kappa shape index (κ1) is 20.0. The molecule has 0 amide bonds. The molecular weight excluding hydrogens is 439 g/mol.